The van der Waals surface area contributed by atoms with Crippen molar-refractivity contribution >= 4 is 31.2 Å². The van der Waals surface area contributed by atoms with E-state index in [2.05, 4.69) is 0 Å². The minimum absolute atomic E-state index is 0.0975. The molecule has 0 atom stereocenters. The van der Waals surface area contributed by atoms with Crippen LogP contribution in [0.2, 0.25) is 0 Å². The number of hydrogen-bond acceptors (Lipinski definition) is 5. The van der Waals surface area contributed by atoms with Gasteiger partial charge < -0.3 is 0 Å². The summed E-state index contributed by atoms with van der Waals surface area (Å²) >= 11 is 1.30. The minimum Gasteiger partial charge on any atom is -0.229 e. The maximum atomic E-state index is 12.6. The number of sulfone groups is 1. The lowest BCUT2D eigenvalue weighted by molar-refractivity contribution is 0.346. The summed E-state index contributed by atoms with van der Waals surface area (Å²) in [5.74, 6) is 0.273. The molecule has 0 amide bonds. The van der Waals surface area contributed by atoms with Gasteiger partial charge in [-0.1, -0.05) is 20.8 Å². The molecule has 2 heterocycles. The Morgan fingerprint density at radius 2 is 1.78 bits per heavy atom. The van der Waals surface area contributed by atoms with E-state index in [1.807, 2.05) is 26.8 Å². The van der Waals surface area contributed by atoms with Crippen molar-refractivity contribution in [1.82, 2.24) is 4.31 Å². The lowest BCUT2D eigenvalue weighted by Gasteiger charge is -2.30. The fraction of sp³-hybridized carbons (Fsp3) is 0.733. The number of nitrogens with zero attached hydrogens (tertiary/aromatic N) is 1. The van der Waals surface area contributed by atoms with Crippen molar-refractivity contribution in [2.75, 3.05) is 18.8 Å². The number of hydrogen-bond donors (Lipinski definition) is 0. The Morgan fingerprint density at radius 1 is 1.17 bits per heavy atom. The highest BCUT2D eigenvalue weighted by Crippen LogP contribution is 2.29. The van der Waals surface area contributed by atoms with Gasteiger partial charge in [-0.05, 0) is 37.3 Å². The SMILES string of the molecule is CCc1ccc(S(=O)(=O)N2CCC(S(=O)(=O)CC(C)C)CC2)s1. The van der Waals surface area contributed by atoms with Gasteiger partial charge in [0.1, 0.15) is 4.21 Å². The summed E-state index contributed by atoms with van der Waals surface area (Å²) in [7, 11) is -6.62. The van der Waals surface area contributed by atoms with Crippen molar-refractivity contribution in [3.8, 4) is 0 Å². The van der Waals surface area contributed by atoms with E-state index in [0.29, 0.717) is 17.1 Å². The van der Waals surface area contributed by atoms with Gasteiger partial charge in [0.05, 0.1) is 11.0 Å². The first-order valence-corrected chi connectivity index (χ1v) is 11.9. The van der Waals surface area contributed by atoms with Crippen LogP contribution in [0.1, 0.15) is 38.5 Å². The largest absolute Gasteiger partial charge is 0.252 e. The third-order valence-corrected chi connectivity index (χ3v) is 10.3. The zero-order valence-electron chi connectivity index (χ0n) is 13.9. The Labute approximate surface area is 143 Å². The van der Waals surface area contributed by atoms with E-state index in [1.165, 1.54) is 15.6 Å². The summed E-state index contributed by atoms with van der Waals surface area (Å²) in [6, 6.07) is 3.50. The first-order chi connectivity index (χ1) is 10.7. The molecular formula is C15H25NO4S3. The van der Waals surface area contributed by atoms with Crippen LogP contribution in [-0.2, 0) is 26.3 Å². The number of rotatable bonds is 6. The number of aryl methyl sites for hydroxylation is 1. The van der Waals surface area contributed by atoms with Crippen LogP contribution in [0.5, 0.6) is 0 Å². The highest BCUT2D eigenvalue weighted by Gasteiger charge is 2.35. The van der Waals surface area contributed by atoms with Crippen LogP contribution in [0.3, 0.4) is 0 Å². The second kappa shape index (κ2) is 7.21. The zero-order valence-corrected chi connectivity index (χ0v) is 16.3. The Morgan fingerprint density at radius 3 is 2.26 bits per heavy atom. The molecule has 5 nitrogen and oxygen atoms in total. The van der Waals surface area contributed by atoms with Crippen LogP contribution in [-0.4, -0.2) is 45.2 Å². The number of sulfonamides is 1. The predicted molar refractivity (Wildman–Crippen MR) is 94.1 cm³/mol. The van der Waals surface area contributed by atoms with E-state index < -0.39 is 25.1 Å². The molecule has 1 aromatic heterocycles. The fourth-order valence-electron chi connectivity index (χ4n) is 2.85. The normalized spacial score (nSPS) is 18.6. The van der Waals surface area contributed by atoms with Crippen molar-refractivity contribution in [1.29, 1.82) is 0 Å². The van der Waals surface area contributed by atoms with Crippen molar-refractivity contribution in [2.45, 2.75) is 49.5 Å². The molecule has 1 aliphatic rings. The topological polar surface area (TPSA) is 71.5 Å². The number of thiophene rings is 1. The van der Waals surface area contributed by atoms with Gasteiger partial charge >= 0.3 is 0 Å². The molecule has 132 valence electrons. The first-order valence-electron chi connectivity index (χ1n) is 7.97. The Balaban J connectivity index is 2.06. The fourth-order valence-corrected chi connectivity index (χ4v) is 7.90. The molecule has 0 spiro atoms. The number of piperidine rings is 1. The van der Waals surface area contributed by atoms with Gasteiger partial charge in [-0.2, -0.15) is 4.31 Å². The average molecular weight is 380 g/mol. The highest BCUT2D eigenvalue weighted by atomic mass is 32.2. The molecule has 0 radical (unpaired) electrons. The summed E-state index contributed by atoms with van der Waals surface area (Å²) in [5, 5.41) is -0.411. The van der Waals surface area contributed by atoms with Gasteiger partial charge in [0.15, 0.2) is 9.84 Å². The maximum absolute atomic E-state index is 12.6. The van der Waals surface area contributed by atoms with E-state index in [-0.39, 0.29) is 24.8 Å². The smallest absolute Gasteiger partial charge is 0.229 e. The van der Waals surface area contributed by atoms with Gasteiger partial charge in [-0.3, -0.25) is 0 Å². The third kappa shape index (κ3) is 4.35. The molecule has 0 aromatic carbocycles. The Kier molecular flexibility index (Phi) is 5.92. The van der Waals surface area contributed by atoms with Crippen LogP contribution < -0.4 is 0 Å². The quantitative estimate of drug-likeness (QED) is 0.761. The van der Waals surface area contributed by atoms with Crippen LogP contribution >= 0.6 is 11.3 Å². The van der Waals surface area contributed by atoms with E-state index in [0.717, 1.165) is 11.3 Å². The van der Waals surface area contributed by atoms with Crippen molar-refractivity contribution < 1.29 is 16.8 Å². The van der Waals surface area contributed by atoms with Crippen molar-refractivity contribution in [2.24, 2.45) is 5.92 Å². The lowest BCUT2D eigenvalue weighted by Crippen LogP contribution is -2.43. The van der Waals surface area contributed by atoms with E-state index in [1.54, 1.807) is 6.07 Å². The molecule has 1 aliphatic heterocycles. The molecule has 1 aromatic rings. The van der Waals surface area contributed by atoms with E-state index in [4.69, 9.17) is 0 Å². The van der Waals surface area contributed by atoms with Crippen LogP contribution in [0.4, 0.5) is 0 Å². The molecule has 0 saturated carbocycles. The van der Waals surface area contributed by atoms with Crippen LogP contribution in [0, 0.1) is 5.92 Å². The summed E-state index contributed by atoms with van der Waals surface area (Å²) in [5.41, 5.74) is 0. The van der Waals surface area contributed by atoms with Gasteiger partial charge in [0.25, 0.3) is 10.0 Å². The van der Waals surface area contributed by atoms with Crippen LogP contribution in [0.15, 0.2) is 16.3 Å². The summed E-state index contributed by atoms with van der Waals surface area (Å²) < 4.78 is 51.7. The molecule has 0 N–H and O–H groups in total. The van der Waals surface area contributed by atoms with E-state index >= 15 is 0 Å². The molecule has 0 bridgehead atoms. The zero-order chi connectivity index (χ0) is 17.3. The third-order valence-electron chi connectivity index (χ3n) is 4.05. The van der Waals surface area contributed by atoms with Gasteiger partial charge in [0, 0.05) is 18.0 Å². The molecule has 2 rings (SSSR count). The Bertz CT molecular complexity index is 727. The Hall–Kier alpha value is -0.440. The summed E-state index contributed by atoms with van der Waals surface area (Å²) in [6.07, 6.45) is 1.59. The first kappa shape index (κ1) is 18.9. The molecule has 0 unspecified atom stereocenters. The summed E-state index contributed by atoms with van der Waals surface area (Å²) in [4.78, 5) is 1.04. The second-order valence-corrected chi connectivity index (χ2v) is 12.1. The average Bonchev–Trinajstić information content (AvgIpc) is 2.96. The van der Waals surface area contributed by atoms with Gasteiger partial charge in [0.2, 0.25) is 0 Å². The molecule has 1 fully saturated rings. The van der Waals surface area contributed by atoms with Crippen molar-refractivity contribution in [3.05, 3.63) is 17.0 Å². The van der Waals surface area contributed by atoms with Crippen molar-refractivity contribution in [3.63, 3.8) is 0 Å². The highest BCUT2D eigenvalue weighted by molar-refractivity contribution is 7.92. The minimum atomic E-state index is -3.49. The van der Waals surface area contributed by atoms with Crippen LogP contribution in [0.25, 0.3) is 0 Å². The maximum Gasteiger partial charge on any atom is 0.252 e. The molecule has 8 heteroatoms. The second-order valence-electron chi connectivity index (χ2n) is 6.40. The molecule has 1 saturated heterocycles. The summed E-state index contributed by atoms with van der Waals surface area (Å²) in [6.45, 7) is 6.33. The molecular weight excluding hydrogens is 354 g/mol. The standard InChI is InChI=1S/C15H25NO4S3/c1-4-13-5-6-15(21-13)23(19,20)16-9-7-14(8-10-16)22(17,18)11-12(2)3/h5-6,12,14H,4,7-11H2,1-3H3. The molecule has 0 aliphatic carbocycles. The van der Waals surface area contributed by atoms with Gasteiger partial charge in [-0.25, -0.2) is 16.8 Å². The van der Waals surface area contributed by atoms with E-state index in [9.17, 15) is 16.8 Å². The monoisotopic (exact) mass is 379 g/mol. The predicted octanol–water partition coefficient (Wildman–Crippen LogP) is 2.53. The molecule has 23 heavy (non-hydrogen) atoms. The lowest BCUT2D eigenvalue weighted by atomic mass is 10.2. The van der Waals surface area contributed by atoms with Gasteiger partial charge in [-0.15, -0.1) is 11.3 Å².